The minimum atomic E-state index is -1.07. The molecule has 3 atom stereocenters. The van der Waals surface area contributed by atoms with Gasteiger partial charge in [-0.15, -0.1) is 0 Å². The first-order valence-corrected chi connectivity index (χ1v) is 9.26. The second-order valence-electron chi connectivity index (χ2n) is 7.55. The van der Waals surface area contributed by atoms with Crippen LogP contribution in [-0.4, -0.2) is 28.6 Å². The number of aliphatic hydroxyl groups excluding tert-OH is 1. The second-order valence-corrected chi connectivity index (χ2v) is 7.55. The highest BCUT2D eigenvalue weighted by atomic mass is 16.5. The van der Waals surface area contributed by atoms with E-state index in [-0.39, 0.29) is 5.91 Å². The van der Waals surface area contributed by atoms with Crippen molar-refractivity contribution >= 4 is 11.8 Å². The summed E-state index contributed by atoms with van der Waals surface area (Å²) >= 11 is 0. The Morgan fingerprint density at radius 2 is 1.90 bits per heavy atom. The van der Waals surface area contributed by atoms with E-state index in [1.807, 2.05) is 6.07 Å². The van der Waals surface area contributed by atoms with Gasteiger partial charge in [0.15, 0.2) is 0 Å². The van der Waals surface area contributed by atoms with Crippen molar-refractivity contribution in [3.8, 4) is 11.8 Å². The number of amides is 2. The summed E-state index contributed by atoms with van der Waals surface area (Å²) in [7, 11) is 0. The number of hydrogen-bond donors (Lipinski definition) is 3. The fraction of sp³-hybridized carbons (Fsp3) is 0.318. The van der Waals surface area contributed by atoms with Gasteiger partial charge in [0.2, 0.25) is 11.8 Å². The number of ether oxygens (including phenoxy) is 1. The molecule has 2 aromatic rings. The summed E-state index contributed by atoms with van der Waals surface area (Å²) in [6.45, 7) is 4.78. The highest BCUT2D eigenvalue weighted by Crippen LogP contribution is 2.40. The number of carbonyl (C=O) groups excluding carboxylic acids is 2. The molecule has 2 amide bonds. The van der Waals surface area contributed by atoms with Gasteiger partial charge in [0, 0.05) is 12.5 Å². The summed E-state index contributed by atoms with van der Waals surface area (Å²) in [5.41, 5.74) is 0.556. The van der Waals surface area contributed by atoms with Gasteiger partial charge >= 0.3 is 0 Å². The van der Waals surface area contributed by atoms with Crippen molar-refractivity contribution in [2.45, 2.75) is 44.6 Å². The van der Waals surface area contributed by atoms with Crippen LogP contribution < -0.4 is 15.4 Å². The van der Waals surface area contributed by atoms with Crippen LogP contribution in [0, 0.1) is 11.3 Å². The number of rotatable bonds is 4. The standard InChI is InChI=1S/C22H23N3O4/c1-13(26)24-18(15-7-5-4-6-8-15)21(28)25-19-16-11-14(12-23)9-10-17(16)29-22(2,3)20(19)27/h4-11,18-20,27H,1-3H3,(H,24,26)(H,25,28). The first-order chi connectivity index (χ1) is 13.7. The number of carbonyl (C=O) groups is 2. The number of benzene rings is 2. The van der Waals surface area contributed by atoms with Crippen LogP contribution in [0.15, 0.2) is 48.5 Å². The van der Waals surface area contributed by atoms with Crippen molar-refractivity contribution in [1.29, 1.82) is 5.26 Å². The predicted molar refractivity (Wildman–Crippen MR) is 106 cm³/mol. The largest absolute Gasteiger partial charge is 0.485 e. The Balaban J connectivity index is 1.97. The Morgan fingerprint density at radius 1 is 1.21 bits per heavy atom. The molecule has 29 heavy (non-hydrogen) atoms. The fourth-order valence-corrected chi connectivity index (χ4v) is 3.41. The van der Waals surface area contributed by atoms with Gasteiger partial charge in [-0.3, -0.25) is 9.59 Å². The quantitative estimate of drug-likeness (QED) is 0.737. The Hall–Kier alpha value is -3.37. The number of aliphatic hydroxyl groups is 1. The van der Waals surface area contributed by atoms with Crippen molar-refractivity contribution in [2.24, 2.45) is 0 Å². The molecule has 0 saturated heterocycles. The van der Waals surface area contributed by atoms with Gasteiger partial charge in [-0.25, -0.2) is 0 Å². The average Bonchev–Trinajstić information content (AvgIpc) is 2.69. The summed E-state index contributed by atoms with van der Waals surface area (Å²) in [5, 5.41) is 25.6. The number of nitrogens with zero attached hydrogens (tertiary/aromatic N) is 1. The molecule has 0 fully saturated rings. The third kappa shape index (κ3) is 4.23. The van der Waals surface area contributed by atoms with E-state index >= 15 is 0 Å². The molecule has 0 aliphatic carbocycles. The van der Waals surface area contributed by atoms with Crippen LogP contribution in [0.3, 0.4) is 0 Å². The Bertz CT molecular complexity index is 966. The van der Waals surface area contributed by atoms with Crippen LogP contribution >= 0.6 is 0 Å². The summed E-state index contributed by atoms with van der Waals surface area (Å²) in [5.74, 6) is -0.337. The van der Waals surface area contributed by atoms with E-state index in [4.69, 9.17) is 4.74 Å². The minimum absolute atomic E-state index is 0.353. The van der Waals surface area contributed by atoms with Crippen molar-refractivity contribution in [3.63, 3.8) is 0 Å². The van der Waals surface area contributed by atoms with E-state index in [2.05, 4.69) is 16.7 Å². The number of fused-ring (bicyclic) bond motifs is 1. The van der Waals surface area contributed by atoms with Crippen molar-refractivity contribution in [2.75, 3.05) is 0 Å². The Morgan fingerprint density at radius 3 is 2.52 bits per heavy atom. The van der Waals surface area contributed by atoms with Gasteiger partial charge in [-0.05, 0) is 37.6 Å². The number of nitriles is 1. The van der Waals surface area contributed by atoms with Crippen molar-refractivity contribution < 1.29 is 19.4 Å². The molecule has 0 aromatic heterocycles. The van der Waals surface area contributed by atoms with Crippen molar-refractivity contribution in [3.05, 3.63) is 65.2 Å². The summed E-state index contributed by atoms with van der Waals surface area (Å²) in [4.78, 5) is 24.8. The molecule has 0 saturated carbocycles. The van der Waals surface area contributed by atoms with Crippen LogP contribution in [0.2, 0.25) is 0 Å². The van der Waals surface area contributed by atoms with Gasteiger partial charge in [-0.2, -0.15) is 5.26 Å². The molecule has 1 aliphatic heterocycles. The highest BCUT2D eigenvalue weighted by Gasteiger charge is 2.44. The molecule has 3 unspecified atom stereocenters. The van der Waals surface area contributed by atoms with Gasteiger partial charge < -0.3 is 20.5 Å². The number of hydrogen-bond acceptors (Lipinski definition) is 5. The number of nitrogens with one attached hydrogen (secondary N) is 2. The van der Waals surface area contributed by atoms with Crippen molar-refractivity contribution in [1.82, 2.24) is 10.6 Å². The van der Waals surface area contributed by atoms with E-state index in [0.717, 1.165) is 0 Å². The lowest BCUT2D eigenvalue weighted by atomic mass is 9.85. The first kappa shape index (κ1) is 20.4. The van der Waals surface area contributed by atoms with Crippen LogP contribution in [-0.2, 0) is 9.59 Å². The molecule has 7 nitrogen and oxygen atoms in total. The Kier molecular flexibility index (Phi) is 5.57. The molecule has 1 heterocycles. The van der Waals surface area contributed by atoms with Gasteiger partial charge in [0.05, 0.1) is 17.7 Å². The van der Waals surface area contributed by atoms with Gasteiger partial charge in [0.1, 0.15) is 23.5 Å². The van der Waals surface area contributed by atoms with E-state index in [1.54, 1.807) is 56.3 Å². The monoisotopic (exact) mass is 393 g/mol. The molecule has 0 bridgehead atoms. The smallest absolute Gasteiger partial charge is 0.247 e. The highest BCUT2D eigenvalue weighted by molar-refractivity contribution is 5.88. The maximum atomic E-state index is 13.1. The van der Waals surface area contributed by atoms with E-state index in [1.165, 1.54) is 6.92 Å². The van der Waals surface area contributed by atoms with E-state index in [0.29, 0.717) is 22.4 Å². The molecule has 3 rings (SSSR count). The third-order valence-electron chi connectivity index (χ3n) is 4.92. The van der Waals surface area contributed by atoms with E-state index in [9.17, 15) is 20.0 Å². The molecule has 3 N–H and O–H groups in total. The molecule has 150 valence electrons. The zero-order valence-electron chi connectivity index (χ0n) is 16.5. The Labute approximate surface area is 169 Å². The molecular formula is C22H23N3O4. The second kappa shape index (κ2) is 7.94. The lowest BCUT2D eigenvalue weighted by Gasteiger charge is -2.42. The van der Waals surface area contributed by atoms with Crippen LogP contribution in [0.5, 0.6) is 5.75 Å². The van der Waals surface area contributed by atoms with Gasteiger partial charge in [0.25, 0.3) is 0 Å². The average molecular weight is 393 g/mol. The van der Waals surface area contributed by atoms with E-state index < -0.39 is 29.7 Å². The zero-order chi connectivity index (χ0) is 21.2. The molecule has 7 heteroatoms. The van der Waals surface area contributed by atoms with Crippen LogP contribution in [0.4, 0.5) is 0 Å². The lowest BCUT2D eigenvalue weighted by molar-refractivity contribution is -0.131. The summed E-state index contributed by atoms with van der Waals surface area (Å²) in [6, 6.07) is 14.0. The maximum absolute atomic E-state index is 13.1. The predicted octanol–water partition coefficient (Wildman–Crippen LogP) is 2.12. The minimum Gasteiger partial charge on any atom is -0.485 e. The topological polar surface area (TPSA) is 111 Å². The zero-order valence-corrected chi connectivity index (χ0v) is 16.5. The SMILES string of the molecule is CC(=O)NC(C(=O)NC1c2cc(C#N)ccc2OC(C)(C)C1O)c1ccccc1. The first-order valence-electron chi connectivity index (χ1n) is 9.26. The van der Waals surface area contributed by atoms with Gasteiger partial charge in [-0.1, -0.05) is 30.3 Å². The lowest BCUT2D eigenvalue weighted by Crippen LogP contribution is -2.54. The summed E-state index contributed by atoms with van der Waals surface area (Å²) in [6.07, 6.45) is -1.07. The normalized spacial score (nSPS) is 20.4. The molecule has 0 spiro atoms. The van der Waals surface area contributed by atoms with Crippen LogP contribution in [0.1, 0.15) is 49.5 Å². The van der Waals surface area contributed by atoms with Crippen LogP contribution in [0.25, 0.3) is 0 Å². The maximum Gasteiger partial charge on any atom is 0.247 e. The molecular weight excluding hydrogens is 370 g/mol. The molecule has 2 aromatic carbocycles. The molecule has 0 radical (unpaired) electrons. The third-order valence-corrected chi connectivity index (χ3v) is 4.92. The summed E-state index contributed by atoms with van der Waals surface area (Å²) < 4.78 is 5.87. The molecule has 1 aliphatic rings. The fourth-order valence-electron chi connectivity index (χ4n) is 3.41.